The Balaban J connectivity index is 2.15. The van der Waals surface area contributed by atoms with Crippen LogP contribution in [-0.2, 0) is 12.5 Å². The Morgan fingerprint density at radius 3 is 2.38 bits per heavy atom. The molecule has 0 fully saturated rings. The lowest BCUT2D eigenvalue weighted by atomic mass is 10.2. The van der Waals surface area contributed by atoms with Crippen molar-refractivity contribution in [2.75, 3.05) is 14.2 Å². The van der Waals surface area contributed by atoms with E-state index in [1.54, 1.807) is 20.3 Å². The summed E-state index contributed by atoms with van der Waals surface area (Å²) in [7, 11) is 3.21. The van der Waals surface area contributed by atoms with Crippen LogP contribution in [0.5, 0.6) is 17.2 Å². The third-order valence-corrected chi connectivity index (χ3v) is 3.67. The molecule has 0 bridgehead atoms. The summed E-state index contributed by atoms with van der Waals surface area (Å²) in [5.41, 5.74) is 1.76. The van der Waals surface area contributed by atoms with Gasteiger partial charge in [-0.25, -0.2) is 0 Å². The molecule has 3 nitrogen and oxygen atoms in total. The average molecular weight is 327 g/mol. The molecular formula is C16H16Cl2O3. The van der Waals surface area contributed by atoms with Crippen molar-refractivity contribution in [1.82, 2.24) is 0 Å². The molecule has 2 aromatic carbocycles. The predicted octanol–water partition coefficient (Wildman–Crippen LogP) is 4.68. The largest absolute Gasteiger partial charge is 0.493 e. The lowest BCUT2D eigenvalue weighted by molar-refractivity contribution is 0.301. The summed E-state index contributed by atoms with van der Waals surface area (Å²) in [5, 5.41) is 0.606. The predicted molar refractivity (Wildman–Crippen MR) is 84.9 cm³/mol. The van der Waals surface area contributed by atoms with Crippen molar-refractivity contribution < 1.29 is 14.2 Å². The normalized spacial score (nSPS) is 10.3. The van der Waals surface area contributed by atoms with E-state index in [0.29, 0.717) is 34.8 Å². The topological polar surface area (TPSA) is 27.7 Å². The molecule has 0 saturated carbocycles. The molecule has 21 heavy (non-hydrogen) atoms. The molecule has 112 valence electrons. The highest BCUT2D eigenvalue weighted by Gasteiger charge is 2.09. The van der Waals surface area contributed by atoms with Crippen molar-refractivity contribution in [2.24, 2.45) is 0 Å². The smallest absolute Gasteiger partial charge is 0.161 e. The lowest BCUT2D eigenvalue weighted by Crippen LogP contribution is -1.99. The van der Waals surface area contributed by atoms with E-state index >= 15 is 0 Å². The van der Waals surface area contributed by atoms with Crippen molar-refractivity contribution >= 4 is 23.2 Å². The van der Waals surface area contributed by atoms with Crippen LogP contribution in [0, 0.1) is 0 Å². The second-order valence-corrected chi connectivity index (χ2v) is 5.00. The molecular weight excluding hydrogens is 311 g/mol. The first-order valence-corrected chi connectivity index (χ1v) is 7.28. The molecule has 2 aromatic rings. The lowest BCUT2D eigenvalue weighted by Gasteiger charge is -2.13. The summed E-state index contributed by atoms with van der Waals surface area (Å²) in [4.78, 5) is 0. The van der Waals surface area contributed by atoms with E-state index in [4.69, 9.17) is 37.4 Å². The number of hydrogen-bond acceptors (Lipinski definition) is 3. The Kier molecular flexibility index (Phi) is 5.59. The molecule has 0 radical (unpaired) electrons. The maximum atomic E-state index is 6.10. The Bertz CT molecular complexity index is 614. The van der Waals surface area contributed by atoms with Crippen LogP contribution in [0.4, 0.5) is 0 Å². The van der Waals surface area contributed by atoms with Crippen molar-refractivity contribution in [1.29, 1.82) is 0 Å². The van der Waals surface area contributed by atoms with Gasteiger partial charge in [0.15, 0.2) is 11.5 Å². The molecule has 0 unspecified atom stereocenters. The Hall–Kier alpha value is -1.58. The van der Waals surface area contributed by atoms with Gasteiger partial charge in [-0.15, -0.1) is 11.6 Å². The summed E-state index contributed by atoms with van der Waals surface area (Å²) in [6.45, 7) is 0.393. The molecule has 0 amide bonds. The van der Waals surface area contributed by atoms with E-state index < -0.39 is 0 Å². The van der Waals surface area contributed by atoms with Crippen molar-refractivity contribution in [3.63, 3.8) is 0 Å². The number of hydrogen-bond donors (Lipinski definition) is 0. The summed E-state index contributed by atoms with van der Waals surface area (Å²) in [6.07, 6.45) is 0. The summed E-state index contributed by atoms with van der Waals surface area (Å²) >= 11 is 12.0. The van der Waals surface area contributed by atoms with Crippen molar-refractivity contribution in [3.05, 3.63) is 52.5 Å². The number of halogens is 2. The van der Waals surface area contributed by atoms with E-state index in [1.165, 1.54) is 0 Å². The van der Waals surface area contributed by atoms with Crippen molar-refractivity contribution in [3.8, 4) is 17.2 Å². The monoisotopic (exact) mass is 326 g/mol. The standard InChI is InChI=1S/C16H16Cl2O3/c1-19-15-7-6-11(8-16(15)20-2)10-21-14-5-3-4-13(18)12(14)9-17/h3-8H,9-10H2,1-2H3. The van der Waals surface area contributed by atoms with Gasteiger partial charge in [0.05, 0.1) is 20.1 Å². The third-order valence-electron chi connectivity index (χ3n) is 3.05. The number of rotatable bonds is 6. The van der Waals surface area contributed by atoms with Crippen LogP contribution in [-0.4, -0.2) is 14.2 Å². The molecule has 0 saturated heterocycles. The van der Waals surface area contributed by atoms with E-state index in [0.717, 1.165) is 11.1 Å². The maximum absolute atomic E-state index is 6.10. The minimum absolute atomic E-state index is 0.306. The first-order chi connectivity index (χ1) is 10.2. The second-order valence-electron chi connectivity index (χ2n) is 4.33. The summed E-state index contributed by atoms with van der Waals surface area (Å²) in [5.74, 6) is 2.35. The fraction of sp³-hybridized carbons (Fsp3) is 0.250. The van der Waals surface area contributed by atoms with Gasteiger partial charge >= 0.3 is 0 Å². The van der Waals surface area contributed by atoms with Gasteiger partial charge in [0.25, 0.3) is 0 Å². The molecule has 0 N–H and O–H groups in total. The fourth-order valence-corrected chi connectivity index (χ4v) is 2.51. The van der Waals surface area contributed by atoms with Crippen LogP contribution >= 0.6 is 23.2 Å². The van der Waals surface area contributed by atoms with Gasteiger partial charge < -0.3 is 14.2 Å². The molecule has 0 atom stereocenters. The van der Waals surface area contributed by atoms with E-state index in [-0.39, 0.29) is 0 Å². The van der Waals surface area contributed by atoms with E-state index in [1.807, 2.05) is 30.3 Å². The van der Waals surface area contributed by atoms with Gasteiger partial charge in [0.1, 0.15) is 12.4 Å². The van der Waals surface area contributed by atoms with Gasteiger partial charge in [0, 0.05) is 10.6 Å². The zero-order chi connectivity index (χ0) is 15.2. The summed E-state index contributed by atoms with van der Waals surface area (Å²) < 4.78 is 16.3. The van der Waals surface area contributed by atoms with Gasteiger partial charge in [-0.1, -0.05) is 23.7 Å². The van der Waals surface area contributed by atoms with Crippen LogP contribution in [0.2, 0.25) is 5.02 Å². The minimum Gasteiger partial charge on any atom is -0.493 e. The fourth-order valence-electron chi connectivity index (χ4n) is 1.94. The van der Waals surface area contributed by atoms with E-state index in [9.17, 15) is 0 Å². The minimum atomic E-state index is 0.306. The number of alkyl halides is 1. The van der Waals surface area contributed by atoms with Crippen LogP contribution < -0.4 is 14.2 Å². The molecule has 0 spiro atoms. The third kappa shape index (κ3) is 3.74. The Morgan fingerprint density at radius 2 is 1.71 bits per heavy atom. The van der Waals surface area contributed by atoms with Crippen LogP contribution in [0.15, 0.2) is 36.4 Å². The maximum Gasteiger partial charge on any atom is 0.161 e. The zero-order valence-electron chi connectivity index (χ0n) is 11.9. The molecule has 0 aromatic heterocycles. The van der Waals surface area contributed by atoms with Gasteiger partial charge in [-0.3, -0.25) is 0 Å². The first-order valence-electron chi connectivity index (χ1n) is 6.36. The first kappa shape index (κ1) is 15.8. The number of benzene rings is 2. The molecule has 0 aliphatic carbocycles. The Morgan fingerprint density at radius 1 is 0.952 bits per heavy atom. The molecule has 5 heteroatoms. The average Bonchev–Trinajstić information content (AvgIpc) is 2.52. The highest BCUT2D eigenvalue weighted by molar-refractivity contribution is 6.32. The van der Waals surface area contributed by atoms with Crippen LogP contribution in [0.25, 0.3) is 0 Å². The second kappa shape index (κ2) is 7.43. The van der Waals surface area contributed by atoms with Crippen LogP contribution in [0.1, 0.15) is 11.1 Å². The SMILES string of the molecule is COc1ccc(COc2cccc(Cl)c2CCl)cc1OC. The quantitative estimate of drug-likeness (QED) is 0.721. The van der Waals surface area contributed by atoms with E-state index in [2.05, 4.69) is 0 Å². The Labute approximate surface area is 134 Å². The van der Waals surface area contributed by atoms with Crippen LogP contribution in [0.3, 0.4) is 0 Å². The van der Waals surface area contributed by atoms with Gasteiger partial charge in [-0.05, 0) is 29.8 Å². The summed E-state index contributed by atoms with van der Waals surface area (Å²) in [6, 6.07) is 11.1. The van der Waals surface area contributed by atoms with Gasteiger partial charge in [-0.2, -0.15) is 0 Å². The molecule has 0 aliphatic rings. The highest BCUT2D eigenvalue weighted by Crippen LogP contribution is 2.30. The van der Waals surface area contributed by atoms with Crippen molar-refractivity contribution in [2.45, 2.75) is 12.5 Å². The molecule has 0 heterocycles. The number of ether oxygens (including phenoxy) is 3. The molecule has 0 aliphatic heterocycles. The zero-order valence-corrected chi connectivity index (χ0v) is 13.4. The number of methoxy groups -OCH3 is 2. The molecule has 2 rings (SSSR count). The highest BCUT2D eigenvalue weighted by atomic mass is 35.5. The van der Waals surface area contributed by atoms with Gasteiger partial charge in [0.2, 0.25) is 0 Å².